The number of aromatic nitrogens is 1. The van der Waals surface area contributed by atoms with Gasteiger partial charge in [-0.05, 0) is 38.7 Å². The van der Waals surface area contributed by atoms with Gasteiger partial charge in [-0.1, -0.05) is 0 Å². The third kappa shape index (κ3) is 3.14. The second-order valence-electron chi connectivity index (χ2n) is 7.55. The number of benzene rings is 1. The van der Waals surface area contributed by atoms with Crippen molar-refractivity contribution >= 4 is 34.8 Å². The minimum Gasteiger partial charge on any atom is -0.477 e. The molecule has 2 aliphatic rings. The Labute approximate surface area is 170 Å². The summed E-state index contributed by atoms with van der Waals surface area (Å²) >= 11 is 0. The lowest BCUT2D eigenvalue weighted by Gasteiger charge is -2.28. The predicted octanol–water partition coefficient (Wildman–Crippen LogP) is 2.52. The number of carbonyl (C=O) groups is 3. The van der Waals surface area contributed by atoms with Crippen LogP contribution in [0.3, 0.4) is 0 Å². The fourth-order valence-corrected chi connectivity index (χ4v) is 4.22. The highest BCUT2D eigenvalue weighted by Crippen LogP contribution is 2.41. The van der Waals surface area contributed by atoms with Gasteiger partial charge in [-0.3, -0.25) is 9.59 Å². The van der Waals surface area contributed by atoms with Gasteiger partial charge < -0.3 is 19.3 Å². The fourth-order valence-electron chi connectivity index (χ4n) is 4.22. The third-order valence-electron chi connectivity index (χ3n) is 5.67. The Morgan fingerprint density at radius 2 is 2.07 bits per heavy atom. The van der Waals surface area contributed by atoms with E-state index in [4.69, 9.17) is 4.74 Å². The number of hydrogen-bond donors (Lipinski definition) is 1. The minimum atomic E-state index is -1.41. The summed E-state index contributed by atoms with van der Waals surface area (Å²) in [6.07, 6.45) is 4.30. The fraction of sp³-hybridized carbons (Fsp3) is 0.429. The van der Waals surface area contributed by atoms with E-state index >= 15 is 4.39 Å². The molecule has 0 radical (unpaired) electrons. The summed E-state index contributed by atoms with van der Waals surface area (Å²) in [5.74, 6) is -2.75. The van der Waals surface area contributed by atoms with Gasteiger partial charge in [0.1, 0.15) is 17.4 Å². The van der Waals surface area contributed by atoms with Crippen molar-refractivity contribution in [2.24, 2.45) is 0 Å². The largest absolute Gasteiger partial charge is 0.477 e. The number of fused-ring (bicyclic) bond motifs is 1. The molecular weight excluding hydrogens is 395 g/mol. The molecule has 2 heterocycles. The minimum absolute atomic E-state index is 0.0510. The number of aldehydes is 1. The molecule has 1 saturated heterocycles. The van der Waals surface area contributed by atoms with Crippen molar-refractivity contribution in [2.45, 2.75) is 44.7 Å². The van der Waals surface area contributed by atoms with E-state index in [1.807, 2.05) is 0 Å². The molecule has 0 spiro atoms. The normalized spacial score (nSPS) is 18.6. The average Bonchev–Trinajstić information content (AvgIpc) is 3.44. The lowest BCUT2D eigenvalue weighted by molar-refractivity contribution is -0.144. The first-order chi connectivity index (χ1) is 14.4. The highest BCUT2D eigenvalue weighted by atomic mass is 19.1. The summed E-state index contributed by atoms with van der Waals surface area (Å²) in [4.78, 5) is 50.3. The maximum Gasteiger partial charge on any atom is 0.341 e. The molecule has 30 heavy (non-hydrogen) atoms. The first-order valence-electron chi connectivity index (χ1n) is 9.92. The first kappa shape index (κ1) is 20.1. The first-order valence-corrected chi connectivity index (χ1v) is 9.92. The number of esters is 1. The second kappa shape index (κ2) is 7.55. The number of carbonyl (C=O) groups excluding carboxylic acids is 2. The molecule has 1 saturated carbocycles. The van der Waals surface area contributed by atoms with Crippen LogP contribution in [0, 0.1) is 5.82 Å². The van der Waals surface area contributed by atoms with E-state index in [1.54, 1.807) is 11.5 Å². The molecule has 1 aliphatic heterocycles. The number of carboxylic acid groups (broad SMARTS) is 1. The SMILES string of the molecule is CCOC(=O)C1CCCN1c1c(F)cc2c(=O)c(C(=O)O)cn(C3CC3)c2c1C=O. The van der Waals surface area contributed by atoms with Gasteiger partial charge in [0.05, 0.1) is 28.8 Å². The van der Waals surface area contributed by atoms with Gasteiger partial charge in [0.15, 0.2) is 6.29 Å². The molecule has 1 aromatic carbocycles. The number of rotatable bonds is 6. The summed E-state index contributed by atoms with van der Waals surface area (Å²) in [6.45, 7) is 2.22. The molecule has 2 aromatic rings. The van der Waals surface area contributed by atoms with E-state index in [9.17, 15) is 24.3 Å². The molecule has 1 N–H and O–H groups in total. The molecule has 0 amide bonds. The number of halogens is 1. The highest BCUT2D eigenvalue weighted by molar-refractivity contribution is 6.04. The number of ether oxygens (including phenoxy) is 1. The van der Waals surface area contributed by atoms with Crippen molar-refractivity contribution < 1.29 is 28.6 Å². The Bertz CT molecular complexity index is 1120. The zero-order chi connectivity index (χ0) is 21.6. The van der Waals surface area contributed by atoms with E-state index < -0.39 is 34.8 Å². The Hall–Kier alpha value is -3.23. The molecule has 1 aromatic heterocycles. The summed E-state index contributed by atoms with van der Waals surface area (Å²) in [5, 5.41) is 9.23. The number of hydrogen-bond acceptors (Lipinski definition) is 6. The lowest BCUT2D eigenvalue weighted by atomic mass is 10.0. The van der Waals surface area contributed by atoms with Crippen LogP contribution in [0.15, 0.2) is 17.1 Å². The van der Waals surface area contributed by atoms with Gasteiger partial charge in [0.25, 0.3) is 0 Å². The van der Waals surface area contributed by atoms with Crippen LogP contribution in [0.2, 0.25) is 0 Å². The molecule has 1 unspecified atom stereocenters. The molecule has 158 valence electrons. The highest BCUT2D eigenvalue weighted by Gasteiger charge is 2.37. The standard InChI is InChI=1S/C21H21FN2O6/c1-2-30-21(29)16-4-3-7-23(16)18-14(10-25)17-12(8-15(18)22)19(26)13(20(27)28)9-24(17)11-5-6-11/h8-11,16H,2-7H2,1H3,(H,27,28). The predicted molar refractivity (Wildman–Crippen MR) is 106 cm³/mol. The molecule has 0 bridgehead atoms. The number of carboxylic acids is 1. The van der Waals surface area contributed by atoms with Crippen molar-refractivity contribution in [3.63, 3.8) is 0 Å². The van der Waals surface area contributed by atoms with Crippen LogP contribution in [-0.4, -0.2) is 47.1 Å². The zero-order valence-corrected chi connectivity index (χ0v) is 16.4. The number of anilines is 1. The Kier molecular flexibility index (Phi) is 5.05. The summed E-state index contributed by atoms with van der Waals surface area (Å²) < 4.78 is 21.9. The molecule has 1 aliphatic carbocycles. The summed E-state index contributed by atoms with van der Waals surface area (Å²) in [5.41, 5.74) is -1.21. The monoisotopic (exact) mass is 416 g/mol. The zero-order valence-electron chi connectivity index (χ0n) is 16.4. The number of nitrogens with zero attached hydrogens (tertiary/aromatic N) is 2. The van der Waals surface area contributed by atoms with Crippen LogP contribution in [0.25, 0.3) is 10.9 Å². The van der Waals surface area contributed by atoms with Crippen LogP contribution in [-0.2, 0) is 9.53 Å². The van der Waals surface area contributed by atoms with E-state index in [0.717, 1.165) is 18.9 Å². The molecule has 9 heteroatoms. The molecule has 4 rings (SSSR count). The van der Waals surface area contributed by atoms with E-state index in [2.05, 4.69) is 0 Å². The van der Waals surface area contributed by atoms with E-state index in [0.29, 0.717) is 25.7 Å². The van der Waals surface area contributed by atoms with Crippen molar-refractivity contribution in [1.82, 2.24) is 4.57 Å². The van der Waals surface area contributed by atoms with Crippen LogP contribution in [0.1, 0.15) is 59.4 Å². The lowest BCUT2D eigenvalue weighted by Crippen LogP contribution is -2.38. The molecule has 2 fully saturated rings. The molecule has 8 nitrogen and oxygen atoms in total. The number of aromatic carboxylic acids is 1. The van der Waals surface area contributed by atoms with Gasteiger partial charge in [-0.2, -0.15) is 0 Å². The maximum absolute atomic E-state index is 15.3. The molecule has 1 atom stereocenters. The average molecular weight is 416 g/mol. The van der Waals surface area contributed by atoms with Crippen LogP contribution in [0.4, 0.5) is 10.1 Å². The van der Waals surface area contributed by atoms with Crippen molar-refractivity contribution in [3.05, 3.63) is 39.4 Å². The van der Waals surface area contributed by atoms with Gasteiger partial charge in [0, 0.05) is 18.8 Å². The van der Waals surface area contributed by atoms with Gasteiger partial charge >= 0.3 is 11.9 Å². The second-order valence-corrected chi connectivity index (χ2v) is 7.55. The van der Waals surface area contributed by atoms with Crippen molar-refractivity contribution in [2.75, 3.05) is 18.1 Å². The topological polar surface area (TPSA) is 106 Å². The number of pyridine rings is 1. The Balaban J connectivity index is 2.00. The van der Waals surface area contributed by atoms with Gasteiger partial charge in [-0.25, -0.2) is 14.0 Å². The van der Waals surface area contributed by atoms with Crippen molar-refractivity contribution in [1.29, 1.82) is 0 Å². The Morgan fingerprint density at radius 1 is 1.33 bits per heavy atom. The van der Waals surface area contributed by atoms with Gasteiger partial charge in [0.2, 0.25) is 5.43 Å². The molecular formula is C21H21FN2O6. The third-order valence-corrected chi connectivity index (χ3v) is 5.67. The summed E-state index contributed by atoms with van der Waals surface area (Å²) in [6, 6.07) is 0.184. The van der Waals surface area contributed by atoms with Crippen molar-refractivity contribution in [3.8, 4) is 0 Å². The quantitative estimate of drug-likeness (QED) is 0.570. The van der Waals surface area contributed by atoms with Crippen LogP contribution >= 0.6 is 0 Å². The Morgan fingerprint density at radius 3 is 2.67 bits per heavy atom. The van der Waals surface area contributed by atoms with Crippen LogP contribution < -0.4 is 10.3 Å². The smallest absolute Gasteiger partial charge is 0.341 e. The van der Waals surface area contributed by atoms with E-state index in [1.165, 1.54) is 11.1 Å². The summed E-state index contributed by atoms with van der Waals surface area (Å²) in [7, 11) is 0. The van der Waals surface area contributed by atoms with Crippen LogP contribution in [0.5, 0.6) is 0 Å². The van der Waals surface area contributed by atoms with E-state index in [-0.39, 0.29) is 34.8 Å². The maximum atomic E-state index is 15.3. The van der Waals surface area contributed by atoms with Gasteiger partial charge in [-0.15, -0.1) is 0 Å².